The molecule has 1 atom stereocenters. The zero-order chi connectivity index (χ0) is 20.6. The third-order valence-corrected chi connectivity index (χ3v) is 5.79. The van der Waals surface area contributed by atoms with Crippen LogP contribution in [-0.4, -0.2) is 69.4 Å². The molecule has 2 aliphatic rings. The van der Waals surface area contributed by atoms with E-state index in [1.54, 1.807) is 0 Å². The van der Waals surface area contributed by atoms with Gasteiger partial charge in [0.15, 0.2) is 0 Å². The number of nitrogens with one attached hydrogen (secondary N) is 1. The maximum atomic E-state index is 12.7. The van der Waals surface area contributed by atoms with E-state index in [0.29, 0.717) is 24.5 Å². The van der Waals surface area contributed by atoms with E-state index >= 15 is 0 Å². The molecule has 2 aliphatic heterocycles. The summed E-state index contributed by atoms with van der Waals surface area (Å²) in [5.41, 5.74) is 1.87. The van der Waals surface area contributed by atoms with Crippen molar-refractivity contribution in [3.8, 4) is 5.75 Å². The summed E-state index contributed by atoms with van der Waals surface area (Å²) in [6, 6.07) is 18.0. The van der Waals surface area contributed by atoms with Crippen molar-refractivity contribution < 1.29 is 14.3 Å². The lowest BCUT2D eigenvalue weighted by atomic mass is 10.2. The highest BCUT2D eigenvalue weighted by Crippen LogP contribution is 2.20. The van der Waals surface area contributed by atoms with Gasteiger partial charge < -0.3 is 19.7 Å². The summed E-state index contributed by atoms with van der Waals surface area (Å²) in [5.74, 6) is 0.544. The SMILES string of the molecule is O=C(NCCN1CCN(c2ccccc2)CC1)c1ccccc1OCC1CCCO1. The second-order valence-corrected chi connectivity index (χ2v) is 7.86. The van der Waals surface area contributed by atoms with Crippen LogP contribution in [0.25, 0.3) is 0 Å². The van der Waals surface area contributed by atoms with E-state index in [1.165, 1.54) is 5.69 Å². The number of benzene rings is 2. The van der Waals surface area contributed by atoms with E-state index in [1.807, 2.05) is 30.3 Å². The lowest BCUT2D eigenvalue weighted by molar-refractivity contribution is 0.0670. The Morgan fingerprint density at radius 2 is 1.80 bits per heavy atom. The molecule has 2 saturated heterocycles. The maximum absolute atomic E-state index is 12.7. The molecule has 0 aromatic heterocycles. The standard InChI is InChI=1S/C24H31N3O3/c28-24(22-10-4-5-11-23(22)30-19-21-9-6-18-29-21)25-12-13-26-14-16-27(17-15-26)20-7-2-1-3-8-20/h1-5,7-8,10-11,21H,6,9,12-19H2,(H,25,28). The van der Waals surface area contributed by atoms with Gasteiger partial charge in [-0.05, 0) is 37.1 Å². The van der Waals surface area contributed by atoms with Crippen LogP contribution in [0.4, 0.5) is 5.69 Å². The van der Waals surface area contributed by atoms with E-state index in [0.717, 1.165) is 52.2 Å². The molecule has 0 bridgehead atoms. The van der Waals surface area contributed by atoms with Gasteiger partial charge in [0.2, 0.25) is 0 Å². The van der Waals surface area contributed by atoms with E-state index in [-0.39, 0.29) is 12.0 Å². The number of nitrogens with zero attached hydrogens (tertiary/aromatic N) is 2. The van der Waals surface area contributed by atoms with Gasteiger partial charge in [-0.15, -0.1) is 0 Å². The largest absolute Gasteiger partial charge is 0.490 e. The van der Waals surface area contributed by atoms with Gasteiger partial charge >= 0.3 is 0 Å². The Balaban J connectivity index is 1.21. The quantitative estimate of drug-likeness (QED) is 0.727. The molecule has 0 saturated carbocycles. The Hall–Kier alpha value is -2.57. The predicted molar refractivity (Wildman–Crippen MR) is 118 cm³/mol. The third kappa shape index (κ3) is 5.52. The molecule has 0 radical (unpaired) electrons. The molecule has 1 amide bonds. The minimum Gasteiger partial charge on any atom is -0.490 e. The van der Waals surface area contributed by atoms with Crippen molar-refractivity contribution in [3.05, 3.63) is 60.2 Å². The van der Waals surface area contributed by atoms with Crippen LogP contribution in [0.15, 0.2) is 54.6 Å². The fourth-order valence-corrected chi connectivity index (χ4v) is 4.03. The summed E-state index contributed by atoms with van der Waals surface area (Å²) in [6.07, 6.45) is 2.23. The first-order valence-electron chi connectivity index (χ1n) is 10.9. The number of piperazine rings is 1. The molecule has 2 aromatic rings. The molecular weight excluding hydrogens is 378 g/mol. The van der Waals surface area contributed by atoms with Gasteiger partial charge in [-0.2, -0.15) is 0 Å². The van der Waals surface area contributed by atoms with Crippen LogP contribution in [0, 0.1) is 0 Å². The van der Waals surface area contributed by atoms with Crippen LogP contribution in [0.5, 0.6) is 5.75 Å². The van der Waals surface area contributed by atoms with Crippen LogP contribution >= 0.6 is 0 Å². The van der Waals surface area contributed by atoms with Gasteiger partial charge in [-0.25, -0.2) is 0 Å². The second-order valence-electron chi connectivity index (χ2n) is 7.86. The van der Waals surface area contributed by atoms with Gasteiger partial charge in [0.1, 0.15) is 12.4 Å². The van der Waals surface area contributed by atoms with Crippen LogP contribution in [-0.2, 0) is 4.74 Å². The van der Waals surface area contributed by atoms with E-state index in [2.05, 4.69) is 39.4 Å². The van der Waals surface area contributed by atoms with E-state index < -0.39 is 0 Å². The van der Waals surface area contributed by atoms with Crippen molar-refractivity contribution in [1.82, 2.24) is 10.2 Å². The average Bonchev–Trinajstić information content (AvgIpc) is 3.33. The Morgan fingerprint density at radius 3 is 2.57 bits per heavy atom. The topological polar surface area (TPSA) is 54.0 Å². The summed E-state index contributed by atoms with van der Waals surface area (Å²) in [4.78, 5) is 17.5. The summed E-state index contributed by atoms with van der Waals surface area (Å²) < 4.78 is 11.5. The highest BCUT2D eigenvalue weighted by Gasteiger charge is 2.19. The lowest BCUT2D eigenvalue weighted by Crippen LogP contribution is -2.48. The summed E-state index contributed by atoms with van der Waals surface area (Å²) in [5, 5.41) is 3.05. The molecule has 1 unspecified atom stereocenters. The molecule has 6 heteroatoms. The minimum atomic E-state index is -0.0825. The molecule has 2 aromatic carbocycles. The molecule has 0 spiro atoms. The predicted octanol–water partition coefficient (Wildman–Crippen LogP) is 2.80. The normalized spacial score (nSPS) is 19.6. The summed E-state index contributed by atoms with van der Waals surface area (Å²) in [6.45, 7) is 6.82. The number of carbonyl (C=O) groups is 1. The van der Waals surface area contributed by atoms with Gasteiger partial charge in [0.25, 0.3) is 5.91 Å². The Bertz CT molecular complexity index is 800. The number of carbonyl (C=O) groups excluding carboxylic acids is 1. The van der Waals surface area contributed by atoms with E-state index in [4.69, 9.17) is 9.47 Å². The highest BCUT2D eigenvalue weighted by atomic mass is 16.5. The van der Waals surface area contributed by atoms with Crippen molar-refractivity contribution in [3.63, 3.8) is 0 Å². The number of para-hydroxylation sites is 2. The van der Waals surface area contributed by atoms with Crippen molar-refractivity contribution in [1.29, 1.82) is 0 Å². The van der Waals surface area contributed by atoms with Crippen LogP contribution in [0.3, 0.4) is 0 Å². The zero-order valence-electron chi connectivity index (χ0n) is 17.5. The first-order valence-corrected chi connectivity index (χ1v) is 10.9. The maximum Gasteiger partial charge on any atom is 0.255 e. The molecule has 2 heterocycles. The Labute approximate surface area is 178 Å². The van der Waals surface area contributed by atoms with Gasteiger partial charge in [0.05, 0.1) is 11.7 Å². The second kappa shape index (κ2) is 10.5. The van der Waals surface area contributed by atoms with Crippen LogP contribution in [0.1, 0.15) is 23.2 Å². The van der Waals surface area contributed by atoms with Crippen molar-refractivity contribution in [2.75, 3.05) is 57.4 Å². The van der Waals surface area contributed by atoms with Gasteiger partial charge in [-0.3, -0.25) is 9.69 Å². The molecular formula is C24H31N3O3. The molecule has 30 heavy (non-hydrogen) atoms. The summed E-state index contributed by atoms with van der Waals surface area (Å²) in [7, 11) is 0. The van der Waals surface area contributed by atoms with Crippen molar-refractivity contribution >= 4 is 11.6 Å². The van der Waals surface area contributed by atoms with E-state index in [9.17, 15) is 4.79 Å². The molecule has 2 fully saturated rings. The van der Waals surface area contributed by atoms with Crippen molar-refractivity contribution in [2.24, 2.45) is 0 Å². The third-order valence-electron chi connectivity index (χ3n) is 5.79. The highest BCUT2D eigenvalue weighted by molar-refractivity contribution is 5.96. The number of anilines is 1. The van der Waals surface area contributed by atoms with Gasteiger partial charge in [0, 0.05) is 51.6 Å². The number of hydrogen-bond acceptors (Lipinski definition) is 5. The lowest BCUT2D eigenvalue weighted by Gasteiger charge is -2.36. The molecule has 1 N–H and O–H groups in total. The minimum absolute atomic E-state index is 0.0825. The number of ether oxygens (including phenoxy) is 2. The molecule has 6 nitrogen and oxygen atoms in total. The zero-order valence-corrected chi connectivity index (χ0v) is 17.5. The smallest absolute Gasteiger partial charge is 0.255 e. The Morgan fingerprint density at radius 1 is 1.03 bits per heavy atom. The van der Waals surface area contributed by atoms with Crippen LogP contribution < -0.4 is 15.0 Å². The summed E-state index contributed by atoms with van der Waals surface area (Å²) >= 11 is 0. The molecule has 160 valence electrons. The molecule has 4 rings (SSSR count). The van der Waals surface area contributed by atoms with Crippen LogP contribution in [0.2, 0.25) is 0 Å². The first kappa shape index (κ1) is 20.7. The first-order chi connectivity index (χ1) is 14.8. The average molecular weight is 410 g/mol. The van der Waals surface area contributed by atoms with Gasteiger partial charge in [-0.1, -0.05) is 30.3 Å². The Kier molecular flexibility index (Phi) is 7.21. The fraction of sp³-hybridized carbons (Fsp3) is 0.458. The monoisotopic (exact) mass is 409 g/mol. The number of hydrogen-bond donors (Lipinski definition) is 1. The fourth-order valence-electron chi connectivity index (χ4n) is 4.03. The number of rotatable bonds is 8. The molecule has 0 aliphatic carbocycles. The van der Waals surface area contributed by atoms with Crippen molar-refractivity contribution in [2.45, 2.75) is 18.9 Å². The number of amides is 1.